The molecule has 2 aromatic carbocycles. The minimum absolute atomic E-state index is 0.125. The van der Waals surface area contributed by atoms with Gasteiger partial charge >= 0.3 is 0 Å². The zero-order chi connectivity index (χ0) is 20.3. The van der Waals surface area contributed by atoms with Crippen LogP contribution in [0.2, 0.25) is 5.02 Å². The van der Waals surface area contributed by atoms with Gasteiger partial charge in [-0.25, -0.2) is 8.42 Å². The Balaban J connectivity index is 1.92. The molecule has 3 rings (SSSR count). The number of hydrogen-bond acceptors (Lipinski definition) is 4. The standard InChI is InChI=1S/C20H23ClN2O4S/c1-14-6-8-16(17(21)12-14)20(24)22-18-13-15(7-9-19(18)27-2)28(25,26)23-10-4-3-5-11-23/h6-9,12-13H,3-5,10-11H2,1-2H3,(H,22,24). The Labute approximate surface area is 170 Å². The van der Waals surface area contributed by atoms with Gasteiger partial charge < -0.3 is 10.1 Å². The van der Waals surface area contributed by atoms with E-state index < -0.39 is 15.9 Å². The fraction of sp³-hybridized carbons (Fsp3) is 0.350. The number of hydrogen-bond donors (Lipinski definition) is 1. The lowest BCUT2D eigenvalue weighted by Crippen LogP contribution is -2.35. The summed E-state index contributed by atoms with van der Waals surface area (Å²) in [7, 11) is -2.16. The molecule has 0 aliphatic carbocycles. The second kappa shape index (κ2) is 8.51. The number of nitrogens with one attached hydrogen (secondary N) is 1. The number of piperidine rings is 1. The first-order valence-electron chi connectivity index (χ1n) is 9.08. The van der Waals surface area contributed by atoms with Crippen molar-refractivity contribution in [1.82, 2.24) is 4.31 Å². The van der Waals surface area contributed by atoms with E-state index in [0.29, 0.717) is 29.4 Å². The maximum absolute atomic E-state index is 12.9. The van der Waals surface area contributed by atoms with Crippen molar-refractivity contribution < 1.29 is 17.9 Å². The lowest BCUT2D eigenvalue weighted by atomic mass is 10.1. The molecule has 1 N–H and O–H groups in total. The molecule has 150 valence electrons. The number of sulfonamides is 1. The molecule has 8 heteroatoms. The molecule has 1 aliphatic rings. The largest absolute Gasteiger partial charge is 0.495 e. The molecule has 1 saturated heterocycles. The van der Waals surface area contributed by atoms with E-state index >= 15 is 0 Å². The average Bonchev–Trinajstić information content (AvgIpc) is 2.68. The highest BCUT2D eigenvalue weighted by Gasteiger charge is 2.27. The van der Waals surface area contributed by atoms with Gasteiger partial charge in [-0.3, -0.25) is 4.79 Å². The van der Waals surface area contributed by atoms with Crippen molar-refractivity contribution in [2.75, 3.05) is 25.5 Å². The molecule has 0 saturated carbocycles. The lowest BCUT2D eigenvalue weighted by Gasteiger charge is -2.26. The second-order valence-electron chi connectivity index (χ2n) is 6.76. The van der Waals surface area contributed by atoms with Gasteiger partial charge in [0.05, 0.1) is 28.3 Å². The first kappa shape index (κ1) is 20.6. The predicted octanol–water partition coefficient (Wildman–Crippen LogP) is 4.08. The normalized spacial score (nSPS) is 15.2. The quantitative estimate of drug-likeness (QED) is 0.787. The molecule has 0 bridgehead atoms. The van der Waals surface area contributed by atoms with E-state index in [1.54, 1.807) is 24.3 Å². The highest BCUT2D eigenvalue weighted by atomic mass is 35.5. The second-order valence-corrected chi connectivity index (χ2v) is 9.11. The molecule has 0 radical (unpaired) electrons. The van der Waals surface area contributed by atoms with Gasteiger partial charge in [0, 0.05) is 13.1 Å². The van der Waals surface area contributed by atoms with Crippen molar-refractivity contribution >= 4 is 33.2 Å². The summed E-state index contributed by atoms with van der Waals surface area (Å²) in [5, 5.41) is 3.05. The van der Waals surface area contributed by atoms with Gasteiger partial charge in [-0.1, -0.05) is 24.1 Å². The van der Waals surface area contributed by atoms with Crippen LogP contribution in [0.3, 0.4) is 0 Å². The molecule has 1 aliphatic heterocycles. The molecule has 0 atom stereocenters. The Bertz CT molecular complexity index is 986. The molecule has 1 fully saturated rings. The van der Waals surface area contributed by atoms with Crippen LogP contribution in [0.1, 0.15) is 35.2 Å². The van der Waals surface area contributed by atoms with Crippen LogP contribution in [0.25, 0.3) is 0 Å². The van der Waals surface area contributed by atoms with Crippen LogP contribution in [0, 0.1) is 6.92 Å². The fourth-order valence-electron chi connectivity index (χ4n) is 3.19. The van der Waals surface area contributed by atoms with Gasteiger partial charge in [-0.15, -0.1) is 0 Å². The summed E-state index contributed by atoms with van der Waals surface area (Å²) in [5.74, 6) is -0.0648. The van der Waals surface area contributed by atoms with Gasteiger partial charge in [0.25, 0.3) is 5.91 Å². The Morgan fingerprint density at radius 3 is 2.46 bits per heavy atom. The molecule has 2 aromatic rings. The zero-order valence-electron chi connectivity index (χ0n) is 15.9. The summed E-state index contributed by atoms with van der Waals surface area (Å²) in [4.78, 5) is 12.8. The number of halogens is 1. The minimum atomic E-state index is -3.62. The van der Waals surface area contributed by atoms with E-state index in [9.17, 15) is 13.2 Å². The number of rotatable bonds is 5. The monoisotopic (exact) mass is 422 g/mol. The third kappa shape index (κ3) is 4.32. The van der Waals surface area contributed by atoms with Crippen molar-refractivity contribution in [3.63, 3.8) is 0 Å². The highest BCUT2D eigenvalue weighted by molar-refractivity contribution is 7.89. The third-order valence-electron chi connectivity index (χ3n) is 4.74. The van der Waals surface area contributed by atoms with Crippen LogP contribution in [-0.4, -0.2) is 38.8 Å². The van der Waals surface area contributed by atoms with Gasteiger partial charge in [0.15, 0.2) is 0 Å². The minimum Gasteiger partial charge on any atom is -0.495 e. The number of anilines is 1. The maximum Gasteiger partial charge on any atom is 0.257 e. The van der Waals surface area contributed by atoms with E-state index in [1.807, 2.05) is 6.92 Å². The first-order valence-corrected chi connectivity index (χ1v) is 10.9. The number of carbonyl (C=O) groups is 1. The summed E-state index contributed by atoms with van der Waals surface area (Å²) in [6.07, 6.45) is 2.74. The molecule has 0 unspecified atom stereocenters. The summed E-state index contributed by atoms with van der Waals surface area (Å²) >= 11 is 6.18. The van der Waals surface area contributed by atoms with Crippen LogP contribution in [0.4, 0.5) is 5.69 Å². The Morgan fingerprint density at radius 2 is 1.82 bits per heavy atom. The van der Waals surface area contributed by atoms with Crippen molar-refractivity contribution in [2.45, 2.75) is 31.1 Å². The Hall–Kier alpha value is -2.09. The van der Waals surface area contributed by atoms with Crippen molar-refractivity contribution in [3.8, 4) is 5.75 Å². The smallest absolute Gasteiger partial charge is 0.257 e. The maximum atomic E-state index is 12.9. The molecular weight excluding hydrogens is 400 g/mol. The van der Waals surface area contributed by atoms with Crippen molar-refractivity contribution in [3.05, 3.63) is 52.5 Å². The van der Waals surface area contributed by atoms with Crippen LogP contribution >= 0.6 is 11.6 Å². The molecular formula is C20H23ClN2O4S. The van der Waals surface area contributed by atoms with E-state index in [4.69, 9.17) is 16.3 Å². The van der Waals surface area contributed by atoms with E-state index in [-0.39, 0.29) is 10.6 Å². The highest BCUT2D eigenvalue weighted by Crippen LogP contribution is 2.31. The number of carbonyl (C=O) groups excluding carboxylic acids is 1. The molecule has 1 amide bonds. The van der Waals surface area contributed by atoms with E-state index in [2.05, 4.69) is 5.32 Å². The fourth-order valence-corrected chi connectivity index (χ4v) is 5.06. The number of amides is 1. The molecule has 28 heavy (non-hydrogen) atoms. The molecule has 1 heterocycles. The number of methoxy groups -OCH3 is 1. The van der Waals surface area contributed by atoms with Gasteiger partial charge in [0.2, 0.25) is 10.0 Å². The van der Waals surface area contributed by atoms with Crippen LogP contribution in [0.15, 0.2) is 41.3 Å². The summed E-state index contributed by atoms with van der Waals surface area (Å²) in [6.45, 7) is 2.90. The lowest BCUT2D eigenvalue weighted by molar-refractivity contribution is 0.102. The van der Waals surface area contributed by atoms with Gasteiger partial charge in [0.1, 0.15) is 5.75 Å². The first-order chi connectivity index (χ1) is 13.3. The Morgan fingerprint density at radius 1 is 1.11 bits per heavy atom. The third-order valence-corrected chi connectivity index (χ3v) is 6.95. The van der Waals surface area contributed by atoms with Crippen LogP contribution < -0.4 is 10.1 Å². The molecule has 0 spiro atoms. The van der Waals surface area contributed by atoms with Crippen LogP contribution in [-0.2, 0) is 10.0 Å². The number of aryl methyl sites for hydroxylation is 1. The van der Waals surface area contributed by atoms with E-state index in [1.165, 1.54) is 23.5 Å². The summed E-state index contributed by atoms with van der Waals surface area (Å²) in [6, 6.07) is 9.59. The topological polar surface area (TPSA) is 75.7 Å². The Kier molecular flexibility index (Phi) is 6.27. The summed E-state index contributed by atoms with van der Waals surface area (Å²) in [5.41, 5.74) is 1.52. The number of ether oxygens (including phenoxy) is 1. The number of nitrogens with zero attached hydrogens (tertiary/aromatic N) is 1. The average molecular weight is 423 g/mol. The van der Waals surface area contributed by atoms with Gasteiger partial charge in [-0.2, -0.15) is 4.31 Å². The van der Waals surface area contributed by atoms with E-state index in [0.717, 1.165) is 24.8 Å². The van der Waals surface area contributed by atoms with Crippen molar-refractivity contribution in [1.29, 1.82) is 0 Å². The predicted molar refractivity (Wildman–Crippen MR) is 110 cm³/mol. The summed E-state index contributed by atoms with van der Waals surface area (Å²) < 4.78 is 32.7. The zero-order valence-corrected chi connectivity index (χ0v) is 17.4. The number of benzene rings is 2. The van der Waals surface area contributed by atoms with Crippen LogP contribution in [0.5, 0.6) is 5.75 Å². The molecule has 0 aromatic heterocycles. The molecule has 6 nitrogen and oxygen atoms in total. The SMILES string of the molecule is COc1ccc(S(=O)(=O)N2CCCCC2)cc1NC(=O)c1ccc(C)cc1Cl. The van der Waals surface area contributed by atoms with Crippen molar-refractivity contribution in [2.24, 2.45) is 0 Å². The van der Waals surface area contributed by atoms with Gasteiger partial charge in [-0.05, 0) is 55.7 Å².